The molecule has 0 unspecified atom stereocenters. The summed E-state index contributed by atoms with van der Waals surface area (Å²) in [4.78, 5) is 28.3. The number of nitrogens with two attached hydrogens (primary N) is 1. The van der Waals surface area contributed by atoms with Crippen LogP contribution in [0.5, 0.6) is 0 Å². The van der Waals surface area contributed by atoms with Crippen molar-refractivity contribution in [3.8, 4) is 11.3 Å². The summed E-state index contributed by atoms with van der Waals surface area (Å²) in [6.45, 7) is 0. The lowest BCUT2D eigenvalue weighted by atomic mass is 10.1. The molecule has 2 amide bonds. The highest BCUT2D eigenvalue weighted by Gasteiger charge is 2.16. The topological polar surface area (TPSA) is 85.1 Å². The average Bonchev–Trinajstić information content (AvgIpc) is 3.06. The molecule has 2 aromatic carbocycles. The number of anilines is 1. The van der Waals surface area contributed by atoms with Gasteiger partial charge >= 0.3 is 0 Å². The molecule has 0 spiro atoms. The van der Waals surface area contributed by atoms with Crippen LogP contribution in [0.1, 0.15) is 20.0 Å². The van der Waals surface area contributed by atoms with Gasteiger partial charge in [-0.1, -0.05) is 30.3 Å². The Labute approximate surface area is 136 Å². The maximum Gasteiger partial charge on any atom is 0.268 e. The zero-order valence-corrected chi connectivity index (χ0v) is 12.8. The number of carbonyl (C=O) groups excluding carboxylic acids is 2. The number of carbonyl (C=O) groups is 2. The zero-order valence-electron chi connectivity index (χ0n) is 12.0. The molecule has 114 valence electrons. The van der Waals surface area contributed by atoms with Crippen LogP contribution in [0, 0.1) is 0 Å². The molecule has 1 heterocycles. The van der Waals surface area contributed by atoms with E-state index in [2.05, 4.69) is 10.3 Å². The van der Waals surface area contributed by atoms with Crippen LogP contribution in [0.2, 0.25) is 0 Å². The van der Waals surface area contributed by atoms with E-state index in [4.69, 9.17) is 5.73 Å². The van der Waals surface area contributed by atoms with Gasteiger partial charge in [0, 0.05) is 16.8 Å². The van der Waals surface area contributed by atoms with E-state index < -0.39 is 5.91 Å². The van der Waals surface area contributed by atoms with Crippen molar-refractivity contribution in [1.82, 2.24) is 4.98 Å². The molecule has 0 bridgehead atoms. The summed E-state index contributed by atoms with van der Waals surface area (Å²) in [6, 6.07) is 16.0. The molecule has 0 saturated carbocycles. The minimum atomic E-state index is -0.503. The van der Waals surface area contributed by atoms with Crippen molar-refractivity contribution in [2.75, 3.05) is 5.32 Å². The van der Waals surface area contributed by atoms with Crippen molar-refractivity contribution in [3.63, 3.8) is 0 Å². The minimum absolute atomic E-state index is 0.238. The molecule has 0 aliphatic carbocycles. The molecule has 3 aromatic rings. The lowest BCUT2D eigenvalue weighted by molar-refractivity contribution is 0.0998. The third kappa shape index (κ3) is 3.27. The largest absolute Gasteiger partial charge is 0.366 e. The van der Waals surface area contributed by atoms with Crippen molar-refractivity contribution >= 4 is 28.8 Å². The number of rotatable bonds is 4. The summed E-state index contributed by atoms with van der Waals surface area (Å²) in [6.07, 6.45) is 0. The number of hydrogen-bond donors (Lipinski definition) is 2. The summed E-state index contributed by atoms with van der Waals surface area (Å²) >= 11 is 1.28. The van der Waals surface area contributed by atoms with E-state index in [1.54, 1.807) is 29.8 Å². The summed E-state index contributed by atoms with van der Waals surface area (Å²) < 4.78 is 0. The molecule has 0 fully saturated rings. The second kappa shape index (κ2) is 6.41. The van der Waals surface area contributed by atoms with Gasteiger partial charge < -0.3 is 11.1 Å². The van der Waals surface area contributed by atoms with Crippen LogP contribution in [0.15, 0.2) is 60.1 Å². The Morgan fingerprint density at radius 1 is 1.00 bits per heavy atom. The molecule has 5 nitrogen and oxygen atoms in total. The van der Waals surface area contributed by atoms with Crippen LogP contribution in [-0.2, 0) is 0 Å². The second-order valence-electron chi connectivity index (χ2n) is 4.79. The highest BCUT2D eigenvalue weighted by molar-refractivity contribution is 7.12. The molecule has 1 aromatic heterocycles. The Balaban J connectivity index is 1.82. The van der Waals surface area contributed by atoms with Crippen molar-refractivity contribution in [2.45, 2.75) is 0 Å². The first-order valence-electron chi connectivity index (χ1n) is 6.85. The molecule has 0 saturated heterocycles. The van der Waals surface area contributed by atoms with Crippen LogP contribution < -0.4 is 11.1 Å². The van der Waals surface area contributed by atoms with Crippen LogP contribution in [0.25, 0.3) is 11.3 Å². The minimum Gasteiger partial charge on any atom is -0.366 e. The Morgan fingerprint density at radius 2 is 1.70 bits per heavy atom. The lowest BCUT2D eigenvalue weighted by Crippen LogP contribution is -2.13. The fourth-order valence-electron chi connectivity index (χ4n) is 2.11. The number of aromatic nitrogens is 1. The van der Waals surface area contributed by atoms with E-state index >= 15 is 0 Å². The van der Waals surface area contributed by atoms with Crippen LogP contribution in [-0.4, -0.2) is 16.8 Å². The smallest absolute Gasteiger partial charge is 0.268 e. The molecule has 0 aliphatic heterocycles. The van der Waals surface area contributed by atoms with E-state index in [1.807, 2.05) is 30.3 Å². The number of nitrogens with one attached hydrogen (secondary N) is 1. The van der Waals surface area contributed by atoms with Gasteiger partial charge in [-0.3, -0.25) is 9.59 Å². The number of amides is 2. The predicted octanol–water partition coefficient (Wildman–Crippen LogP) is 3.16. The Bertz CT molecular complexity index is 842. The van der Waals surface area contributed by atoms with Gasteiger partial charge in [-0.15, -0.1) is 11.3 Å². The molecular weight excluding hydrogens is 310 g/mol. The van der Waals surface area contributed by atoms with Crippen molar-refractivity contribution in [2.24, 2.45) is 5.73 Å². The van der Waals surface area contributed by atoms with Gasteiger partial charge in [-0.25, -0.2) is 4.98 Å². The second-order valence-corrected chi connectivity index (χ2v) is 5.65. The summed E-state index contributed by atoms with van der Waals surface area (Å²) in [7, 11) is 0. The highest BCUT2D eigenvalue weighted by atomic mass is 32.1. The van der Waals surface area contributed by atoms with Gasteiger partial charge in [0.05, 0.1) is 11.2 Å². The normalized spacial score (nSPS) is 10.3. The Kier molecular flexibility index (Phi) is 4.16. The van der Waals surface area contributed by atoms with Crippen molar-refractivity contribution in [1.29, 1.82) is 0 Å². The van der Waals surface area contributed by atoms with Crippen molar-refractivity contribution < 1.29 is 9.59 Å². The number of nitrogens with zero attached hydrogens (tertiary/aromatic N) is 1. The molecule has 0 aliphatic rings. The van der Waals surface area contributed by atoms with E-state index in [0.717, 1.165) is 5.56 Å². The number of primary amides is 1. The summed E-state index contributed by atoms with van der Waals surface area (Å²) in [5.74, 6) is -0.741. The zero-order chi connectivity index (χ0) is 16.2. The number of thiazole rings is 1. The summed E-state index contributed by atoms with van der Waals surface area (Å²) in [5.41, 5.74) is 9.37. The van der Waals surface area contributed by atoms with Gasteiger partial charge in [0.15, 0.2) is 0 Å². The van der Waals surface area contributed by atoms with Crippen LogP contribution in [0.4, 0.5) is 5.69 Å². The average molecular weight is 323 g/mol. The van der Waals surface area contributed by atoms with E-state index in [1.165, 1.54) is 11.3 Å². The van der Waals surface area contributed by atoms with Gasteiger partial charge in [-0.2, -0.15) is 0 Å². The monoisotopic (exact) mass is 323 g/mol. The lowest BCUT2D eigenvalue weighted by Gasteiger charge is -2.06. The first kappa shape index (κ1) is 14.9. The molecule has 3 N–H and O–H groups in total. The van der Waals surface area contributed by atoms with Gasteiger partial charge in [0.2, 0.25) is 5.91 Å². The molecular formula is C17H13N3O2S. The van der Waals surface area contributed by atoms with Gasteiger partial charge in [0.25, 0.3) is 5.91 Å². The van der Waals surface area contributed by atoms with E-state index in [9.17, 15) is 9.59 Å². The first-order chi connectivity index (χ1) is 11.1. The third-order valence-corrected chi connectivity index (χ3v) is 4.07. The molecule has 3 rings (SSSR count). The third-order valence-electron chi connectivity index (χ3n) is 3.25. The summed E-state index contributed by atoms with van der Waals surface area (Å²) in [5, 5.41) is 2.80. The fourth-order valence-corrected chi connectivity index (χ4v) is 2.82. The number of hydrogen-bond acceptors (Lipinski definition) is 4. The number of benzene rings is 2. The van der Waals surface area contributed by atoms with E-state index in [-0.39, 0.29) is 5.91 Å². The van der Waals surface area contributed by atoms with Crippen LogP contribution >= 0.6 is 11.3 Å². The Morgan fingerprint density at radius 3 is 2.35 bits per heavy atom. The highest BCUT2D eigenvalue weighted by Crippen LogP contribution is 2.26. The van der Waals surface area contributed by atoms with Gasteiger partial charge in [-0.05, 0) is 24.3 Å². The van der Waals surface area contributed by atoms with Crippen molar-refractivity contribution in [3.05, 3.63) is 70.5 Å². The van der Waals surface area contributed by atoms with Crippen LogP contribution in [0.3, 0.4) is 0 Å². The first-order valence-corrected chi connectivity index (χ1v) is 7.73. The Hall–Kier alpha value is -2.99. The SMILES string of the molecule is NC(=O)c1ccc(NC(=O)c2scnc2-c2ccccc2)cc1. The van der Waals surface area contributed by atoms with E-state index in [0.29, 0.717) is 21.8 Å². The maximum absolute atomic E-state index is 12.5. The molecule has 0 atom stereocenters. The molecule has 0 radical (unpaired) electrons. The molecule has 6 heteroatoms. The predicted molar refractivity (Wildman–Crippen MR) is 90.5 cm³/mol. The maximum atomic E-state index is 12.5. The van der Waals surface area contributed by atoms with Gasteiger partial charge in [0.1, 0.15) is 4.88 Å². The fraction of sp³-hybridized carbons (Fsp3) is 0. The quantitative estimate of drug-likeness (QED) is 0.773. The standard InChI is InChI=1S/C17H13N3O2S/c18-16(21)12-6-8-13(9-7-12)20-17(22)15-14(19-10-23-15)11-4-2-1-3-5-11/h1-10H,(H2,18,21)(H,20,22). The molecule has 23 heavy (non-hydrogen) atoms.